The maximum atomic E-state index is 12.1. The van der Waals surface area contributed by atoms with Crippen LogP contribution in [-0.4, -0.2) is 24.0 Å². The van der Waals surface area contributed by atoms with Crippen molar-refractivity contribution in [3.05, 3.63) is 68.7 Å². The first-order valence-electron chi connectivity index (χ1n) is 7.36. The molecule has 2 aromatic rings. The molecule has 2 aromatic carbocycles. The first-order chi connectivity index (χ1) is 12.0. The second-order valence-electron chi connectivity index (χ2n) is 4.96. The molecule has 0 aromatic heterocycles. The highest BCUT2D eigenvalue weighted by Gasteiger charge is 2.17. The lowest BCUT2D eigenvalue weighted by molar-refractivity contribution is -0.385. The van der Waals surface area contributed by atoms with E-state index in [1.807, 2.05) is 0 Å². The molecule has 7 heteroatoms. The van der Waals surface area contributed by atoms with Crippen LogP contribution in [0.25, 0.3) is 0 Å². The van der Waals surface area contributed by atoms with Gasteiger partial charge in [-0.2, -0.15) is 0 Å². The van der Waals surface area contributed by atoms with Crippen molar-refractivity contribution < 1.29 is 14.5 Å². The molecule has 0 saturated heterocycles. The van der Waals surface area contributed by atoms with Crippen LogP contribution in [0.5, 0.6) is 5.75 Å². The third-order valence-corrected chi connectivity index (χ3v) is 3.66. The van der Waals surface area contributed by atoms with E-state index in [9.17, 15) is 14.9 Å². The number of hydrogen-bond acceptors (Lipinski definition) is 4. The molecule has 0 aliphatic rings. The van der Waals surface area contributed by atoms with Gasteiger partial charge in [-0.05, 0) is 25.1 Å². The maximum absolute atomic E-state index is 12.1. The Morgan fingerprint density at radius 1 is 1.24 bits per heavy atom. The van der Waals surface area contributed by atoms with E-state index in [0.717, 1.165) is 0 Å². The molecule has 1 N–H and O–H groups in total. The number of para-hydroxylation sites is 1. The number of benzene rings is 2. The average molecular weight is 359 g/mol. The minimum absolute atomic E-state index is 0.0909. The number of halogens is 1. The summed E-state index contributed by atoms with van der Waals surface area (Å²) < 4.78 is 5.40. The molecule has 0 unspecified atom stereocenters. The van der Waals surface area contributed by atoms with Crippen LogP contribution < -0.4 is 10.1 Å². The van der Waals surface area contributed by atoms with Gasteiger partial charge in [0.25, 0.3) is 11.6 Å². The quantitative estimate of drug-likeness (QED) is 0.504. The van der Waals surface area contributed by atoms with Crippen LogP contribution >= 0.6 is 11.6 Å². The zero-order valence-corrected chi connectivity index (χ0v) is 14.2. The molecule has 0 fully saturated rings. The summed E-state index contributed by atoms with van der Waals surface area (Å²) in [5, 5.41) is 14.0. The van der Waals surface area contributed by atoms with Crippen molar-refractivity contribution in [2.24, 2.45) is 0 Å². The minimum atomic E-state index is -0.516. The second-order valence-corrected chi connectivity index (χ2v) is 5.37. The smallest absolute Gasteiger partial charge is 0.273 e. The van der Waals surface area contributed by atoms with Crippen molar-refractivity contribution in [2.45, 2.75) is 6.92 Å². The van der Waals surface area contributed by atoms with Crippen LogP contribution in [-0.2, 0) is 0 Å². The van der Waals surface area contributed by atoms with Crippen molar-refractivity contribution in [2.75, 3.05) is 13.2 Å². The lowest BCUT2D eigenvalue weighted by Gasteiger charge is -2.05. The molecular formula is C18H15ClN2O4. The number of nitro groups is 1. The molecule has 0 bridgehead atoms. The van der Waals surface area contributed by atoms with Crippen LogP contribution in [0.3, 0.4) is 0 Å². The number of ether oxygens (including phenoxy) is 1. The molecule has 0 aliphatic heterocycles. The number of amides is 1. The standard InChI is InChI=1S/C18H15ClN2O4/c1-13-14(7-6-9-16(13)21(23)24)18(22)20-11-4-5-12-25-17-10-3-2-8-15(17)19/h2-3,6-10H,11-12H2,1H3,(H,20,22). The van der Waals surface area contributed by atoms with E-state index in [4.69, 9.17) is 16.3 Å². The highest BCUT2D eigenvalue weighted by atomic mass is 35.5. The number of rotatable bonds is 5. The summed E-state index contributed by atoms with van der Waals surface area (Å²) in [6.45, 7) is 1.78. The highest BCUT2D eigenvalue weighted by molar-refractivity contribution is 6.32. The Balaban J connectivity index is 1.87. The van der Waals surface area contributed by atoms with Gasteiger partial charge in [0.1, 0.15) is 12.4 Å². The van der Waals surface area contributed by atoms with Crippen molar-refractivity contribution in [3.8, 4) is 17.6 Å². The molecule has 128 valence electrons. The van der Waals surface area contributed by atoms with Crippen LogP contribution in [0.15, 0.2) is 42.5 Å². The first-order valence-corrected chi connectivity index (χ1v) is 7.73. The highest BCUT2D eigenvalue weighted by Crippen LogP contribution is 2.22. The van der Waals surface area contributed by atoms with Crippen LogP contribution in [0.2, 0.25) is 5.02 Å². The Hall–Kier alpha value is -3.04. The number of nitrogens with zero attached hydrogens (tertiary/aromatic N) is 1. The van der Waals surface area contributed by atoms with Gasteiger partial charge >= 0.3 is 0 Å². The maximum Gasteiger partial charge on any atom is 0.273 e. The van der Waals surface area contributed by atoms with Crippen LogP contribution in [0.1, 0.15) is 15.9 Å². The largest absolute Gasteiger partial charge is 0.479 e. The Morgan fingerprint density at radius 3 is 2.72 bits per heavy atom. The summed E-state index contributed by atoms with van der Waals surface area (Å²) in [7, 11) is 0. The monoisotopic (exact) mass is 358 g/mol. The van der Waals surface area contributed by atoms with Crippen molar-refractivity contribution >= 4 is 23.2 Å². The number of nitrogens with one attached hydrogen (secondary N) is 1. The first kappa shape index (κ1) is 18.3. The van der Waals surface area contributed by atoms with Crippen molar-refractivity contribution in [1.82, 2.24) is 5.32 Å². The molecule has 25 heavy (non-hydrogen) atoms. The lowest BCUT2D eigenvalue weighted by Crippen LogP contribution is -2.24. The Bertz CT molecular complexity index is 856. The SMILES string of the molecule is Cc1c(C(=O)NCC#CCOc2ccccc2Cl)cccc1[N+](=O)[O-]. The number of carbonyl (C=O) groups excluding carboxylic acids is 1. The Kier molecular flexibility index (Phi) is 6.38. The summed E-state index contributed by atoms with van der Waals surface area (Å²) in [4.78, 5) is 22.5. The van der Waals surface area contributed by atoms with E-state index in [0.29, 0.717) is 16.3 Å². The van der Waals surface area contributed by atoms with Crippen molar-refractivity contribution in [1.29, 1.82) is 0 Å². The molecule has 1 amide bonds. The third kappa shape index (κ3) is 4.96. The van der Waals surface area contributed by atoms with E-state index >= 15 is 0 Å². The normalized spacial score (nSPS) is 9.68. The minimum Gasteiger partial charge on any atom is -0.479 e. The zero-order valence-electron chi connectivity index (χ0n) is 13.4. The van der Waals surface area contributed by atoms with Gasteiger partial charge in [-0.25, -0.2) is 0 Å². The van der Waals surface area contributed by atoms with Gasteiger partial charge in [-0.3, -0.25) is 14.9 Å². The summed E-state index contributed by atoms with van der Waals surface area (Å²) >= 11 is 5.95. The molecule has 0 atom stereocenters. The number of hydrogen-bond donors (Lipinski definition) is 1. The van der Waals surface area contributed by atoms with E-state index in [1.54, 1.807) is 24.3 Å². The van der Waals surface area contributed by atoms with E-state index < -0.39 is 10.8 Å². The van der Waals surface area contributed by atoms with Gasteiger partial charge in [0.15, 0.2) is 0 Å². The van der Waals surface area contributed by atoms with E-state index in [-0.39, 0.29) is 24.4 Å². The predicted octanol–water partition coefficient (Wildman–Crippen LogP) is 3.37. The van der Waals surface area contributed by atoms with Gasteiger partial charge in [-0.1, -0.05) is 41.6 Å². The molecule has 0 radical (unpaired) electrons. The van der Waals surface area contributed by atoms with Gasteiger partial charge < -0.3 is 10.1 Å². The number of nitro benzene ring substituents is 1. The van der Waals surface area contributed by atoms with Gasteiger partial charge in [-0.15, -0.1) is 0 Å². The van der Waals surface area contributed by atoms with Gasteiger partial charge in [0, 0.05) is 17.2 Å². The fraction of sp³-hybridized carbons (Fsp3) is 0.167. The number of carbonyl (C=O) groups is 1. The van der Waals surface area contributed by atoms with Crippen LogP contribution in [0.4, 0.5) is 5.69 Å². The fourth-order valence-corrected chi connectivity index (χ4v) is 2.27. The van der Waals surface area contributed by atoms with Gasteiger partial charge in [0.05, 0.1) is 16.5 Å². The fourth-order valence-electron chi connectivity index (χ4n) is 2.08. The average Bonchev–Trinajstić information content (AvgIpc) is 2.59. The zero-order chi connectivity index (χ0) is 18.2. The third-order valence-electron chi connectivity index (χ3n) is 3.35. The van der Waals surface area contributed by atoms with Gasteiger partial charge in [0.2, 0.25) is 0 Å². The summed E-state index contributed by atoms with van der Waals surface area (Å²) in [6.07, 6.45) is 0. The molecule has 0 heterocycles. The molecule has 6 nitrogen and oxygen atoms in total. The Labute approximate surface area is 149 Å². The summed E-state index contributed by atoms with van der Waals surface area (Å²) in [5.74, 6) is 5.63. The predicted molar refractivity (Wildman–Crippen MR) is 94.9 cm³/mol. The molecule has 2 rings (SSSR count). The lowest BCUT2D eigenvalue weighted by atomic mass is 10.1. The van der Waals surface area contributed by atoms with E-state index in [1.165, 1.54) is 25.1 Å². The molecular weight excluding hydrogens is 344 g/mol. The van der Waals surface area contributed by atoms with E-state index in [2.05, 4.69) is 17.2 Å². The van der Waals surface area contributed by atoms with Crippen LogP contribution in [0, 0.1) is 28.9 Å². The second kappa shape index (κ2) is 8.71. The Morgan fingerprint density at radius 2 is 2.00 bits per heavy atom. The summed E-state index contributed by atoms with van der Waals surface area (Å²) in [6, 6.07) is 11.4. The molecule has 0 saturated carbocycles. The topological polar surface area (TPSA) is 81.5 Å². The molecule has 0 spiro atoms. The summed E-state index contributed by atoms with van der Waals surface area (Å²) in [5.41, 5.74) is 0.482. The van der Waals surface area contributed by atoms with Crippen molar-refractivity contribution in [3.63, 3.8) is 0 Å². The molecule has 0 aliphatic carbocycles.